The van der Waals surface area contributed by atoms with Gasteiger partial charge in [-0.1, -0.05) is 243 Å². The van der Waals surface area contributed by atoms with Crippen molar-refractivity contribution in [3.63, 3.8) is 0 Å². The molecule has 6 heterocycles. The molecule has 0 spiro atoms. The van der Waals surface area contributed by atoms with Crippen molar-refractivity contribution in [2.24, 2.45) is 11.8 Å². The van der Waals surface area contributed by atoms with Gasteiger partial charge in [-0.2, -0.15) is 10.2 Å². The van der Waals surface area contributed by atoms with Gasteiger partial charge in [0.25, 0.3) is 0 Å². The fourth-order valence-corrected chi connectivity index (χ4v) is 16.7. The summed E-state index contributed by atoms with van der Waals surface area (Å²) in [4.78, 5) is 67.9. The summed E-state index contributed by atoms with van der Waals surface area (Å²) >= 11 is 0. The summed E-state index contributed by atoms with van der Waals surface area (Å²) in [5, 5.41) is 12.7. The van der Waals surface area contributed by atoms with E-state index in [2.05, 4.69) is 189 Å². The second kappa shape index (κ2) is 32.5. The highest BCUT2D eigenvalue weighted by molar-refractivity contribution is 6.04. The first-order chi connectivity index (χ1) is 54.4. The maximum Gasteiger partial charge on any atom is 0.410 e. The lowest BCUT2D eigenvalue weighted by atomic mass is 9.77. The third kappa shape index (κ3) is 15.8. The molecular weight excluding hydrogens is 1390 g/mol. The molecule has 0 radical (unpaired) electrons. The third-order valence-electron chi connectivity index (χ3n) is 21.6. The predicted molar refractivity (Wildman–Crippen MR) is 443 cm³/mol. The summed E-state index contributed by atoms with van der Waals surface area (Å²) in [7, 11) is 0. The maximum absolute atomic E-state index is 14.4. The van der Waals surface area contributed by atoms with Crippen LogP contribution in [0, 0.1) is 11.8 Å². The molecule has 14 heteroatoms. The molecule has 14 aromatic rings. The van der Waals surface area contributed by atoms with Crippen molar-refractivity contribution in [2.75, 3.05) is 26.2 Å². The summed E-state index contributed by atoms with van der Waals surface area (Å²) in [5.41, 5.74) is 12.1. The van der Waals surface area contributed by atoms with Crippen LogP contribution < -0.4 is 0 Å². The van der Waals surface area contributed by atoms with Crippen LogP contribution in [0.15, 0.2) is 328 Å². The van der Waals surface area contributed by atoms with Crippen LogP contribution in [0.25, 0.3) is 44.3 Å². The second-order valence-corrected chi connectivity index (χ2v) is 31.5. The molecule has 0 aliphatic carbocycles. The number of carbonyl (C=O) groups is 4. The molecule has 0 saturated carbocycles. The van der Waals surface area contributed by atoms with Crippen LogP contribution in [0.1, 0.15) is 144 Å². The summed E-state index contributed by atoms with van der Waals surface area (Å²) in [6.45, 7) is 13.3. The lowest BCUT2D eigenvalue weighted by Crippen LogP contribution is -2.45. The van der Waals surface area contributed by atoms with Crippen molar-refractivity contribution in [2.45, 2.75) is 101 Å². The van der Waals surface area contributed by atoms with E-state index in [-0.39, 0.29) is 47.4 Å². The quantitative estimate of drug-likeness (QED) is 0.0599. The number of carbonyl (C=O) groups excluding carboxylic acids is 4. The molecule has 10 aromatic carbocycles. The number of benzene rings is 10. The van der Waals surface area contributed by atoms with Gasteiger partial charge in [-0.15, -0.1) is 0 Å². The van der Waals surface area contributed by atoms with Crippen molar-refractivity contribution >= 4 is 45.6 Å². The first-order valence-corrected chi connectivity index (χ1v) is 38.7. The average Bonchev–Trinajstić information content (AvgIpc) is 1.66. The number of ether oxygens (including phenoxy) is 2. The predicted octanol–water partition coefficient (Wildman–Crippen LogP) is 21.1. The number of piperidine rings is 2. The smallest absolute Gasteiger partial charge is 0.410 e. The topological polar surface area (TPSA) is 155 Å². The molecule has 560 valence electrons. The van der Waals surface area contributed by atoms with E-state index in [1.807, 2.05) is 175 Å². The van der Waals surface area contributed by atoms with Crippen LogP contribution in [-0.4, -0.2) is 100 Å². The minimum atomic E-state index is -0.849. The minimum Gasteiger partial charge on any atom is -0.444 e. The SMILES string of the molecule is CC(C)(C)OC(=O)N1C[C@@H](CC(=O)c2ccc3c(c2)c(-c2ccncc2)nn3C(c2ccccc2)(c2ccccc2)c2ccccc2)C[C@@H](c2ccccc2)C1.CC(C)(C)OC(=O)N1C[C@H](CC(=O)c2ccc3c(c2)c(-c2ccncc2)nn3C(c2ccccc2)(c2ccccc2)c2ccccc2)C[C@H](c2ccccc2)C1. The molecule has 0 bridgehead atoms. The minimum absolute atomic E-state index is 0.0311. The monoisotopic (exact) mass is 1480 g/mol. The normalized spacial score (nSPS) is 16.1. The Bertz CT molecular complexity index is 5010. The van der Waals surface area contributed by atoms with Crippen molar-refractivity contribution in [3.05, 3.63) is 384 Å². The zero-order valence-electron chi connectivity index (χ0n) is 64.2. The summed E-state index contributed by atoms with van der Waals surface area (Å²) in [6, 6.07) is 103. The molecule has 0 N–H and O–H groups in total. The number of pyridine rings is 2. The fraction of sp³-hybridized carbons (Fsp3) is 0.224. The van der Waals surface area contributed by atoms with E-state index in [1.54, 1.807) is 34.6 Å². The van der Waals surface area contributed by atoms with Crippen molar-refractivity contribution in [1.82, 2.24) is 39.3 Å². The second-order valence-electron chi connectivity index (χ2n) is 31.5. The molecule has 2 aliphatic rings. The van der Waals surface area contributed by atoms with Gasteiger partial charge in [-0.05, 0) is 171 Å². The number of hydrogen-bond acceptors (Lipinski definition) is 10. The van der Waals surface area contributed by atoms with Crippen LogP contribution in [-0.2, 0) is 20.6 Å². The molecule has 14 nitrogen and oxygen atoms in total. The number of hydrogen-bond donors (Lipinski definition) is 0. The molecular formula is C98H92N8O6. The van der Waals surface area contributed by atoms with E-state index < -0.39 is 22.3 Å². The number of amides is 2. The highest BCUT2D eigenvalue weighted by atomic mass is 16.6. The Hall–Kier alpha value is -12.7. The van der Waals surface area contributed by atoms with E-state index >= 15 is 0 Å². The molecule has 2 saturated heterocycles. The Morgan fingerprint density at radius 3 is 0.902 bits per heavy atom. The van der Waals surface area contributed by atoms with Crippen LogP contribution in [0.2, 0.25) is 0 Å². The van der Waals surface area contributed by atoms with Gasteiger partial charge in [-0.3, -0.25) is 19.6 Å². The lowest BCUT2D eigenvalue weighted by Gasteiger charge is -2.38. The summed E-state index contributed by atoms with van der Waals surface area (Å²) < 4.78 is 15.9. The van der Waals surface area contributed by atoms with E-state index in [1.165, 1.54) is 0 Å². The first-order valence-electron chi connectivity index (χ1n) is 38.7. The molecule has 16 rings (SSSR count). The van der Waals surface area contributed by atoms with Crippen LogP contribution in [0.4, 0.5) is 9.59 Å². The average molecular weight is 1480 g/mol. The number of ketones is 2. The Morgan fingerprint density at radius 1 is 0.348 bits per heavy atom. The van der Waals surface area contributed by atoms with E-state index in [0.29, 0.717) is 50.1 Å². The summed E-state index contributed by atoms with van der Waals surface area (Å²) in [5.74, 6) is 0.155. The summed E-state index contributed by atoms with van der Waals surface area (Å²) in [6.07, 6.45) is 8.61. The highest BCUT2D eigenvalue weighted by Crippen LogP contribution is 2.47. The van der Waals surface area contributed by atoms with Gasteiger partial charge >= 0.3 is 12.2 Å². The number of likely N-dealkylation sites (tertiary alicyclic amines) is 2. The highest BCUT2D eigenvalue weighted by Gasteiger charge is 2.44. The van der Waals surface area contributed by atoms with Gasteiger partial charge in [0.1, 0.15) is 33.7 Å². The lowest BCUT2D eigenvalue weighted by molar-refractivity contribution is 0.0129. The Balaban J connectivity index is 0.000000177. The largest absolute Gasteiger partial charge is 0.444 e. The zero-order valence-corrected chi connectivity index (χ0v) is 64.2. The van der Waals surface area contributed by atoms with Gasteiger partial charge < -0.3 is 19.3 Å². The third-order valence-corrected chi connectivity index (χ3v) is 21.6. The van der Waals surface area contributed by atoms with Gasteiger partial charge in [0.15, 0.2) is 11.6 Å². The number of Topliss-reactive ketones (excluding diaryl/α,β-unsaturated/α-hetero) is 2. The van der Waals surface area contributed by atoms with E-state index in [0.717, 1.165) is 102 Å². The molecule has 4 atom stereocenters. The van der Waals surface area contributed by atoms with Crippen molar-refractivity contribution in [3.8, 4) is 22.5 Å². The van der Waals surface area contributed by atoms with E-state index in [9.17, 15) is 19.2 Å². The fourth-order valence-electron chi connectivity index (χ4n) is 16.7. The van der Waals surface area contributed by atoms with Crippen LogP contribution in [0.5, 0.6) is 0 Å². The molecule has 2 fully saturated rings. The number of nitrogens with zero attached hydrogens (tertiary/aromatic N) is 8. The molecule has 2 amide bonds. The Kier molecular flexibility index (Phi) is 21.7. The molecule has 2 aliphatic heterocycles. The number of rotatable bonds is 18. The first kappa shape index (κ1) is 74.8. The van der Waals surface area contributed by atoms with Gasteiger partial charge in [0, 0.05) is 109 Å². The number of fused-ring (bicyclic) bond motifs is 2. The molecule has 112 heavy (non-hydrogen) atoms. The van der Waals surface area contributed by atoms with Gasteiger partial charge in [0.05, 0.1) is 11.0 Å². The molecule has 0 unspecified atom stereocenters. The van der Waals surface area contributed by atoms with Crippen molar-refractivity contribution in [1.29, 1.82) is 0 Å². The van der Waals surface area contributed by atoms with Crippen LogP contribution in [0.3, 0.4) is 0 Å². The number of aromatic nitrogens is 6. The zero-order chi connectivity index (χ0) is 77.4. The van der Waals surface area contributed by atoms with Crippen molar-refractivity contribution < 1.29 is 28.7 Å². The standard InChI is InChI=1S/2C49H46N4O3/c2*1-48(2,3)56-47(55)52-33-35(30-39(34-52)36-16-8-4-9-17-36)31-45(54)38-24-25-44-43(32-38)46(37-26-28-50-29-27-37)51-53(44)49(40-18-10-5-11-19-40,41-20-12-6-13-21-41)42-22-14-7-15-23-42/h2*4-29,32,35,39H,30-31,33-34H2,1-3H3/t2*35-,39-/m10/s1. The van der Waals surface area contributed by atoms with Gasteiger partial charge in [-0.25, -0.2) is 19.0 Å². The molecule has 4 aromatic heterocycles. The van der Waals surface area contributed by atoms with Gasteiger partial charge in [0.2, 0.25) is 0 Å². The van der Waals surface area contributed by atoms with Crippen LogP contribution >= 0.6 is 0 Å². The maximum atomic E-state index is 14.4. The Morgan fingerprint density at radius 2 is 0.625 bits per heavy atom. The van der Waals surface area contributed by atoms with E-state index in [4.69, 9.17) is 19.7 Å². The Labute approximate surface area is 655 Å².